The third kappa shape index (κ3) is 3.76. The summed E-state index contributed by atoms with van der Waals surface area (Å²) in [5, 5.41) is 12.2. The van der Waals surface area contributed by atoms with Crippen LogP contribution in [0.15, 0.2) is 28.9 Å². The summed E-state index contributed by atoms with van der Waals surface area (Å²) in [5.41, 5.74) is 3.16. The van der Waals surface area contributed by atoms with Crippen molar-refractivity contribution in [3.63, 3.8) is 0 Å². The van der Waals surface area contributed by atoms with E-state index in [9.17, 15) is 9.59 Å². The molecule has 2 N–H and O–H groups in total. The summed E-state index contributed by atoms with van der Waals surface area (Å²) in [6.07, 6.45) is 3.04. The zero-order valence-corrected chi connectivity index (χ0v) is 14.2. The Morgan fingerprint density at radius 1 is 1.42 bits per heavy atom. The second kappa shape index (κ2) is 7.21. The fourth-order valence-corrected chi connectivity index (χ4v) is 2.36. The topological polar surface area (TPSA) is 88.8 Å². The predicted molar refractivity (Wildman–Crippen MR) is 91.0 cm³/mol. The SMILES string of the molecule is CCOc1cc2occ(C)c2cc1/C(C)=C/C(=O)NC(C)C(=O)O. The number of carbonyl (C=O) groups excluding carboxylic acids is 1. The molecule has 0 saturated carbocycles. The number of amides is 1. The Morgan fingerprint density at radius 3 is 2.75 bits per heavy atom. The number of carboxylic acids is 1. The summed E-state index contributed by atoms with van der Waals surface area (Å²) < 4.78 is 11.1. The molecule has 24 heavy (non-hydrogen) atoms. The number of carbonyl (C=O) groups is 2. The highest BCUT2D eigenvalue weighted by Gasteiger charge is 2.15. The van der Waals surface area contributed by atoms with Gasteiger partial charge >= 0.3 is 5.97 Å². The van der Waals surface area contributed by atoms with E-state index in [-0.39, 0.29) is 0 Å². The molecule has 0 aliphatic rings. The number of nitrogens with one attached hydrogen (secondary N) is 1. The van der Waals surface area contributed by atoms with Gasteiger partial charge in [0, 0.05) is 23.1 Å². The van der Waals surface area contributed by atoms with Crippen LogP contribution in [-0.2, 0) is 9.59 Å². The minimum atomic E-state index is -1.08. The zero-order chi connectivity index (χ0) is 17.9. The first-order chi connectivity index (χ1) is 11.3. The number of hydrogen-bond donors (Lipinski definition) is 2. The Morgan fingerprint density at radius 2 is 2.12 bits per heavy atom. The maximum atomic E-state index is 12.0. The summed E-state index contributed by atoms with van der Waals surface area (Å²) in [5.74, 6) is -0.930. The lowest BCUT2D eigenvalue weighted by molar-refractivity contribution is -0.140. The van der Waals surface area contributed by atoms with Gasteiger partial charge in [0.25, 0.3) is 0 Å². The van der Waals surface area contributed by atoms with Gasteiger partial charge in [-0.15, -0.1) is 0 Å². The molecule has 6 nitrogen and oxygen atoms in total. The van der Waals surface area contributed by atoms with Gasteiger partial charge in [0.15, 0.2) is 0 Å². The summed E-state index contributed by atoms with van der Waals surface area (Å²) >= 11 is 0. The molecule has 1 atom stereocenters. The van der Waals surface area contributed by atoms with E-state index in [4.69, 9.17) is 14.3 Å². The van der Waals surface area contributed by atoms with E-state index in [0.29, 0.717) is 17.9 Å². The maximum absolute atomic E-state index is 12.0. The van der Waals surface area contributed by atoms with Gasteiger partial charge < -0.3 is 19.6 Å². The normalized spacial score (nSPS) is 12.9. The van der Waals surface area contributed by atoms with E-state index in [1.165, 1.54) is 13.0 Å². The van der Waals surface area contributed by atoms with Crippen LogP contribution in [0.3, 0.4) is 0 Å². The molecule has 0 bridgehead atoms. The Labute approximate surface area is 140 Å². The Kier molecular flexibility index (Phi) is 5.28. The second-order valence-corrected chi connectivity index (χ2v) is 5.59. The van der Waals surface area contributed by atoms with Crippen LogP contribution in [0.2, 0.25) is 0 Å². The molecule has 128 valence electrons. The fourth-order valence-electron chi connectivity index (χ4n) is 2.36. The van der Waals surface area contributed by atoms with Gasteiger partial charge in [-0.05, 0) is 44.9 Å². The lowest BCUT2D eigenvalue weighted by Crippen LogP contribution is -2.37. The average Bonchev–Trinajstić information content (AvgIpc) is 2.87. The van der Waals surface area contributed by atoms with E-state index < -0.39 is 17.9 Å². The van der Waals surface area contributed by atoms with E-state index >= 15 is 0 Å². The number of benzene rings is 1. The number of hydrogen-bond acceptors (Lipinski definition) is 4. The third-order valence-electron chi connectivity index (χ3n) is 3.67. The largest absolute Gasteiger partial charge is 0.493 e. The van der Waals surface area contributed by atoms with Crippen LogP contribution in [0.5, 0.6) is 5.75 Å². The Balaban J connectivity index is 2.39. The van der Waals surface area contributed by atoms with Crippen LogP contribution in [0.25, 0.3) is 16.5 Å². The smallest absolute Gasteiger partial charge is 0.325 e. The number of carboxylic acid groups (broad SMARTS) is 1. The molecule has 0 saturated heterocycles. The molecule has 0 radical (unpaired) electrons. The summed E-state index contributed by atoms with van der Waals surface area (Å²) in [4.78, 5) is 22.8. The number of fused-ring (bicyclic) bond motifs is 1. The average molecular weight is 331 g/mol. The van der Waals surface area contributed by atoms with E-state index in [1.54, 1.807) is 19.3 Å². The van der Waals surface area contributed by atoms with Gasteiger partial charge in [0.1, 0.15) is 17.4 Å². The van der Waals surface area contributed by atoms with Gasteiger partial charge in [-0.25, -0.2) is 0 Å². The maximum Gasteiger partial charge on any atom is 0.325 e. The molecular formula is C18H21NO5. The van der Waals surface area contributed by atoms with Gasteiger partial charge in [-0.2, -0.15) is 0 Å². The van der Waals surface area contributed by atoms with Crippen molar-refractivity contribution in [2.45, 2.75) is 33.7 Å². The molecule has 1 unspecified atom stereocenters. The van der Waals surface area contributed by atoms with E-state index in [2.05, 4.69) is 5.32 Å². The van der Waals surface area contributed by atoms with Crippen molar-refractivity contribution in [2.24, 2.45) is 0 Å². The first-order valence-corrected chi connectivity index (χ1v) is 7.70. The fraction of sp³-hybridized carbons (Fsp3) is 0.333. The summed E-state index contributed by atoms with van der Waals surface area (Å²) in [6, 6.07) is 2.77. The van der Waals surface area contributed by atoms with Crippen molar-refractivity contribution in [1.29, 1.82) is 0 Å². The number of ether oxygens (including phenoxy) is 1. The van der Waals surface area contributed by atoms with E-state index in [0.717, 1.165) is 22.1 Å². The van der Waals surface area contributed by atoms with Crippen LogP contribution >= 0.6 is 0 Å². The lowest BCUT2D eigenvalue weighted by atomic mass is 10.0. The Bertz CT molecular complexity index is 803. The van der Waals surface area contributed by atoms with Gasteiger partial charge in [0.05, 0.1) is 12.9 Å². The molecule has 0 aliphatic heterocycles. The van der Waals surface area contributed by atoms with Crippen LogP contribution in [0.4, 0.5) is 0 Å². The van der Waals surface area contributed by atoms with Gasteiger partial charge in [0.2, 0.25) is 5.91 Å². The highest BCUT2D eigenvalue weighted by molar-refractivity contribution is 5.98. The van der Waals surface area contributed by atoms with Crippen molar-refractivity contribution in [3.05, 3.63) is 35.6 Å². The standard InChI is InChI=1S/C18H21NO5/c1-5-23-15-8-16-14(11(3)9-24-16)7-13(15)10(2)6-17(20)19-12(4)18(21)22/h6-9,12H,5H2,1-4H3,(H,19,20)(H,21,22)/b10-6+. The molecule has 1 aromatic heterocycles. The Hall–Kier alpha value is -2.76. The molecule has 0 fully saturated rings. The van der Waals surface area contributed by atoms with Crippen LogP contribution in [0, 0.1) is 6.92 Å². The first-order valence-electron chi connectivity index (χ1n) is 7.70. The quantitative estimate of drug-likeness (QED) is 0.794. The predicted octanol–water partition coefficient (Wildman–Crippen LogP) is 3.13. The van der Waals surface area contributed by atoms with Gasteiger partial charge in [-0.1, -0.05) is 0 Å². The number of aryl methyl sites for hydroxylation is 1. The third-order valence-corrected chi connectivity index (χ3v) is 3.67. The minimum absolute atomic E-state index is 0.464. The molecule has 1 amide bonds. The van der Waals surface area contributed by atoms with Crippen LogP contribution < -0.4 is 10.1 Å². The molecule has 6 heteroatoms. The molecular weight excluding hydrogens is 310 g/mol. The van der Waals surface area contributed by atoms with Gasteiger partial charge in [-0.3, -0.25) is 9.59 Å². The monoisotopic (exact) mass is 331 g/mol. The van der Waals surface area contributed by atoms with Crippen LogP contribution in [0.1, 0.15) is 31.9 Å². The van der Waals surface area contributed by atoms with Crippen molar-refractivity contribution in [1.82, 2.24) is 5.32 Å². The minimum Gasteiger partial charge on any atom is -0.493 e. The van der Waals surface area contributed by atoms with Crippen molar-refractivity contribution >= 4 is 28.4 Å². The van der Waals surface area contributed by atoms with Crippen LogP contribution in [-0.4, -0.2) is 29.6 Å². The van der Waals surface area contributed by atoms with Crippen molar-refractivity contribution < 1.29 is 23.8 Å². The van der Waals surface area contributed by atoms with Crippen molar-refractivity contribution in [3.8, 4) is 5.75 Å². The summed E-state index contributed by atoms with van der Waals surface area (Å²) in [6.45, 7) is 7.49. The number of aliphatic carboxylic acids is 1. The molecule has 2 rings (SSSR count). The molecule has 1 aromatic carbocycles. The van der Waals surface area contributed by atoms with Crippen molar-refractivity contribution in [2.75, 3.05) is 6.61 Å². The first kappa shape index (κ1) is 17.6. The number of furan rings is 1. The second-order valence-electron chi connectivity index (χ2n) is 5.59. The molecule has 0 aliphatic carbocycles. The molecule has 2 aromatic rings. The number of rotatable bonds is 6. The molecule has 1 heterocycles. The highest BCUT2D eigenvalue weighted by Crippen LogP contribution is 2.33. The molecule has 0 spiro atoms. The number of allylic oxidation sites excluding steroid dienone is 1. The highest BCUT2D eigenvalue weighted by atomic mass is 16.5. The van der Waals surface area contributed by atoms with E-state index in [1.807, 2.05) is 19.9 Å². The zero-order valence-electron chi connectivity index (χ0n) is 14.2. The lowest BCUT2D eigenvalue weighted by Gasteiger charge is -2.12. The summed E-state index contributed by atoms with van der Waals surface area (Å²) in [7, 11) is 0.